The summed E-state index contributed by atoms with van der Waals surface area (Å²) in [5.41, 5.74) is 0.407. The minimum absolute atomic E-state index is 0.254. The Morgan fingerprint density at radius 3 is 2.23 bits per heavy atom. The van der Waals surface area contributed by atoms with Gasteiger partial charge >= 0.3 is 0 Å². The zero-order valence-corrected chi connectivity index (χ0v) is 13.6. The minimum atomic E-state index is -0.447. The van der Waals surface area contributed by atoms with Crippen molar-refractivity contribution in [2.24, 2.45) is 0 Å². The first-order valence-corrected chi connectivity index (χ1v) is 7.81. The van der Waals surface area contributed by atoms with Gasteiger partial charge in [0.1, 0.15) is 23.1 Å². The van der Waals surface area contributed by atoms with Gasteiger partial charge in [0.2, 0.25) is 0 Å². The van der Waals surface area contributed by atoms with Gasteiger partial charge in [-0.1, -0.05) is 24.3 Å². The summed E-state index contributed by atoms with van der Waals surface area (Å²) in [7, 11) is 0. The van der Waals surface area contributed by atoms with Gasteiger partial charge in [0.15, 0.2) is 12.4 Å². The fraction of sp³-hybridized carbons (Fsp3) is 0.0500. The molecule has 0 heterocycles. The summed E-state index contributed by atoms with van der Waals surface area (Å²) in [5, 5.41) is 2.65. The normalized spacial score (nSPS) is 10.2. The van der Waals surface area contributed by atoms with E-state index in [9.17, 15) is 13.6 Å². The average molecular weight is 355 g/mol. The predicted octanol–water partition coefficient (Wildman–Crippen LogP) is 4.77. The monoisotopic (exact) mass is 355 g/mol. The number of hydrogen-bond acceptors (Lipinski definition) is 3. The molecule has 0 atom stereocenters. The predicted molar refractivity (Wildman–Crippen MR) is 93.4 cm³/mol. The summed E-state index contributed by atoms with van der Waals surface area (Å²) in [4.78, 5) is 12.1. The van der Waals surface area contributed by atoms with Crippen molar-refractivity contribution in [3.63, 3.8) is 0 Å². The van der Waals surface area contributed by atoms with Gasteiger partial charge < -0.3 is 14.8 Å². The molecule has 6 heteroatoms. The van der Waals surface area contributed by atoms with Crippen molar-refractivity contribution >= 4 is 11.6 Å². The fourth-order valence-electron chi connectivity index (χ4n) is 2.21. The molecule has 0 spiro atoms. The molecule has 1 N–H and O–H groups in total. The highest BCUT2D eigenvalue weighted by atomic mass is 19.1. The molecule has 0 aliphatic rings. The fourth-order valence-corrected chi connectivity index (χ4v) is 2.21. The molecule has 0 aliphatic carbocycles. The number of halogens is 2. The Morgan fingerprint density at radius 2 is 1.50 bits per heavy atom. The second kappa shape index (κ2) is 8.11. The number of hydrogen-bond donors (Lipinski definition) is 1. The maximum Gasteiger partial charge on any atom is 0.262 e. The standard InChI is InChI=1S/C20H15F2NO3/c21-14-5-3-7-16(11-14)25-13-20(24)23-18-9-1-2-10-19(18)26-17-8-4-6-15(22)12-17/h1-12H,13H2,(H,23,24). The van der Waals surface area contributed by atoms with Gasteiger partial charge in [-0.2, -0.15) is 0 Å². The Morgan fingerprint density at radius 1 is 0.846 bits per heavy atom. The molecule has 0 fully saturated rings. The van der Waals surface area contributed by atoms with Crippen molar-refractivity contribution in [3.05, 3.63) is 84.4 Å². The van der Waals surface area contributed by atoms with E-state index in [4.69, 9.17) is 9.47 Å². The number of amides is 1. The van der Waals surface area contributed by atoms with E-state index in [-0.39, 0.29) is 12.4 Å². The number of benzene rings is 3. The molecular weight excluding hydrogens is 340 g/mol. The summed E-state index contributed by atoms with van der Waals surface area (Å²) >= 11 is 0. The summed E-state index contributed by atoms with van der Waals surface area (Å²) in [6.07, 6.45) is 0. The molecule has 26 heavy (non-hydrogen) atoms. The second-order valence-corrected chi connectivity index (χ2v) is 5.35. The van der Waals surface area contributed by atoms with Crippen LogP contribution in [0.3, 0.4) is 0 Å². The van der Waals surface area contributed by atoms with Crippen molar-refractivity contribution < 1.29 is 23.0 Å². The number of nitrogens with one attached hydrogen (secondary N) is 1. The second-order valence-electron chi connectivity index (χ2n) is 5.35. The number of anilines is 1. The minimum Gasteiger partial charge on any atom is -0.484 e. The molecule has 0 aromatic heterocycles. The summed E-state index contributed by atoms with van der Waals surface area (Å²) in [6.45, 7) is -0.294. The number of carbonyl (C=O) groups is 1. The number of carbonyl (C=O) groups excluding carboxylic acids is 1. The third-order valence-corrected chi connectivity index (χ3v) is 3.35. The molecule has 3 aromatic rings. The molecule has 0 saturated carbocycles. The Labute approximate surface area is 149 Å². The van der Waals surface area contributed by atoms with Crippen LogP contribution in [0.4, 0.5) is 14.5 Å². The highest BCUT2D eigenvalue weighted by molar-refractivity contribution is 5.93. The van der Waals surface area contributed by atoms with Crippen molar-refractivity contribution in [1.82, 2.24) is 0 Å². The summed E-state index contributed by atoms with van der Waals surface area (Å²) < 4.78 is 37.3. The highest BCUT2D eigenvalue weighted by Crippen LogP contribution is 2.29. The third kappa shape index (κ3) is 4.80. The van der Waals surface area contributed by atoms with Gasteiger partial charge in [0, 0.05) is 12.1 Å². The SMILES string of the molecule is O=C(COc1cccc(F)c1)Nc1ccccc1Oc1cccc(F)c1. The largest absolute Gasteiger partial charge is 0.484 e. The van der Waals surface area contributed by atoms with E-state index >= 15 is 0 Å². The summed E-state index contributed by atoms with van der Waals surface area (Å²) in [6, 6.07) is 17.9. The van der Waals surface area contributed by atoms with Crippen LogP contribution in [0, 0.1) is 11.6 Å². The highest BCUT2D eigenvalue weighted by Gasteiger charge is 2.10. The molecule has 0 bridgehead atoms. The van der Waals surface area contributed by atoms with Crippen LogP contribution in [0.5, 0.6) is 17.2 Å². The van der Waals surface area contributed by atoms with Crippen molar-refractivity contribution in [3.8, 4) is 17.2 Å². The lowest BCUT2D eigenvalue weighted by molar-refractivity contribution is -0.118. The van der Waals surface area contributed by atoms with Crippen molar-refractivity contribution in [1.29, 1.82) is 0 Å². The number of rotatable bonds is 6. The van der Waals surface area contributed by atoms with Crippen LogP contribution in [-0.2, 0) is 4.79 Å². The topological polar surface area (TPSA) is 47.6 Å². The van der Waals surface area contributed by atoms with E-state index in [1.807, 2.05) is 0 Å². The zero-order valence-electron chi connectivity index (χ0n) is 13.6. The van der Waals surface area contributed by atoms with Gasteiger partial charge in [0.25, 0.3) is 5.91 Å². The Bertz CT molecular complexity index is 915. The molecular formula is C20H15F2NO3. The van der Waals surface area contributed by atoms with Crippen molar-refractivity contribution in [2.45, 2.75) is 0 Å². The maximum absolute atomic E-state index is 13.3. The van der Waals surface area contributed by atoms with Gasteiger partial charge in [-0.3, -0.25) is 4.79 Å². The lowest BCUT2D eigenvalue weighted by Crippen LogP contribution is -2.20. The number of para-hydroxylation sites is 2. The molecule has 4 nitrogen and oxygen atoms in total. The first-order valence-electron chi connectivity index (χ1n) is 7.81. The van der Waals surface area contributed by atoms with Crippen molar-refractivity contribution in [2.75, 3.05) is 11.9 Å². The first-order chi connectivity index (χ1) is 12.6. The van der Waals surface area contributed by atoms with E-state index in [2.05, 4.69) is 5.32 Å². The van der Waals surface area contributed by atoms with Crippen LogP contribution >= 0.6 is 0 Å². The molecule has 0 radical (unpaired) electrons. The van der Waals surface area contributed by atoms with Gasteiger partial charge in [-0.25, -0.2) is 8.78 Å². The van der Waals surface area contributed by atoms with E-state index < -0.39 is 17.5 Å². The molecule has 132 valence electrons. The number of ether oxygens (including phenoxy) is 2. The smallest absolute Gasteiger partial charge is 0.262 e. The van der Waals surface area contributed by atoms with Crippen LogP contribution in [0.2, 0.25) is 0 Å². The Kier molecular flexibility index (Phi) is 5.43. The quantitative estimate of drug-likeness (QED) is 0.693. The van der Waals surface area contributed by atoms with E-state index in [1.54, 1.807) is 36.4 Å². The molecule has 0 saturated heterocycles. The third-order valence-electron chi connectivity index (χ3n) is 3.35. The van der Waals surface area contributed by atoms with Crippen LogP contribution < -0.4 is 14.8 Å². The zero-order chi connectivity index (χ0) is 18.4. The summed E-state index contributed by atoms with van der Waals surface area (Å²) in [5.74, 6) is -0.391. The van der Waals surface area contributed by atoms with Crippen LogP contribution in [0.15, 0.2) is 72.8 Å². The lowest BCUT2D eigenvalue weighted by Gasteiger charge is -2.12. The first kappa shape index (κ1) is 17.4. The average Bonchev–Trinajstić information content (AvgIpc) is 2.62. The van der Waals surface area contributed by atoms with Gasteiger partial charge in [-0.15, -0.1) is 0 Å². The molecule has 1 amide bonds. The van der Waals surface area contributed by atoms with E-state index in [0.717, 1.165) is 0 Å². The molecule has 3 aromatic carbocycles. The lowest BCUT2D eigenvalue weighted by atomic mass is 10.2. The Balaban J connectivity index is 1.65. The van der Waals surface area contributed by atoms with Crippen LogP contribution in [0.25, 0.3) is 0 Å². The molecule has 0 aliphatic heterocycles. The molecule has 3 rings (SSSR count). The van der Waals surface area contributed by atoms with E-state index in [1.165, 1.54) is 36.4 Å². The van der Waals surface area contributed by atoms with Gasteiger partial charge in [0.05, 0.1) is 5.69 Å². The molecule has 0 unspecified atom stereocenters. The van der Waals surface area contributed by atoms with E-state index in [0.29, 0.717) is 17.2 Å². The maximum atomic E-state index is 13.3. The Hall–Kier alpha value is -3.41. The van der Waals surface area contributed by atoms with Gasteiger partial charge in [-0.05, 0) is 36.4 Å². The van der Waals surface area contributed by atoms with Crippen LogP contribution in [-0.4, -0.2) is 12.5 Å². The van der Waals surface area contributed by atoms with Crippen LogP contribution in [0.1, 0.15) is 0 Å².